The van der Waals surface area contributed by atoms with E-state index < -0.39 is 0 Å². The second-order valence-electron chi connectivity index (χ2n) is 3.41. The number of rotatable bonds is 1. The second-order valence-corrected chi connectivity index (χ2v) is 4.33. The van der Waals surface area contributed by atoms with Crippen LogP contribution in [-0.2, 0) is 13.7 Å². The van der Waals surface area contributed by atoms with E-state index in [4.69, 9.17) is 5.11 Å². The molecule has 0 spiro atoms. The van der Waals surface area contributed by atoms with E-state index in [-0.39, 0.29) is 12.0 Å². The Kier molecular flexibility index (Phi) is 2.63. The van der Waals surface area contributed by atoms with Crippen LogP contribution in [0.25, 0.3) is 10.9 Å². The summed E-state index contributed by atoms with van der Waals surface area (Å²) < 4.78 is 2.77. The smallest absolute Gasteiger partial charge is 0.194 e. The van der Waals surface area contributed by atoms with Crippen molar-refractivity contribution in [3.8, 4) is 0 Å². The molecule has 2 aromatic rings. The lowest BCUT2D eigenvalue weighted by molar-refractivity contribution is 0.280. The van der Waals surface area contributed by atoms with Crippen LogP contribution in [0.15, 0.2) is 33.7 Å². The van der Waals surface area contributed by atoms with Gasteiger partial charge in [-0.1, -0.05) is 15.9 Å². The van der Waals surface area contributed by atoms with Crippen molar-refractivity contribution in [2.45, 2.75) is 6.61 Å². The zero-order chi connectivity index (χ0) is 11.0. The number of aryl methyl sites for hydroxylation is 1. The van der Waals surface area contributed by atoms with Gasteiger partial charge in [0, 0.05) is 28.7 Å². The van der Waals surface area contributed by atoms with Crippen LogP contribution in [0, 0.1) is 0 Å². The van der Waals surface area contributed by atoms with E-state index in [1.165, 1.54) is 0 Å². The van der Waals surface area contributed by atoms with Crippen LogP contribution < -0.4 is 5.43 Å². The van der Waals surface area contributed by atoms with Gasteiger partial charge in [0.15, 0.2) is 5.43 Å². The molecule has 0 fully saturated rings. The third kappa shape index (κ3) is 1.70. The molecule has 0 aliphatic heterocycles. The first-order chi connectivity index (χ1) is 7.13. The van der Waals surface area contributed by atoms with Crippen LogP contribution in [0.1, 0.15) is 5.56 Å². The Morgan fingerprint density at radius 2 is 2.20 bits per heavy atom. The first-order valence-electron chi connectivity index (χ1n) is 4.52. The average Bonchev–Trinajstić information content (AvgIpc) is 2.23. The molecule has 4 heteroatoms. The van der Waals surface area contributed by atoms with Gasteiger partial charge >= 0.3 is 0 Å². The molecule has 0 bridgehead atoms. The number of aliphatic hydroxyl groups excluding tert-OH is 1. The summed E-state index contributed by atoms with van der Waals surface area (Å²) in [7, 11) is 1.85. The molecule has 3 nitrogen and oxygen atoms in total. The van der Waals surface area contributed by atoms with Gasteiger partial charge < -0.3 is 9.67 Å². The van der Waals surface area contributed by atoms with E-state index >= 15 is 0 Å². The molecular weight excluding hydrogens is 258 g/mol. The maximum Gasteiger partial charge on any atom is 0.194 e. The van der Waals surface area contributed by atoms with Gasteiger partial charge in [0.05, 0.1) is 12.1 Å². The summed E-state index contributed by atoms with van der Waals surface area (Å²) in [4.78, 5) is 11.8. The number of benzene rings is 1. The van der Waals surface area contributed by atoms with Crippen molar-refractivity contribution in [2.75, 3.05) is 0 Å². The minimum atomic E-state index is -0.224. The molecule has 1 heterocycles. The number of nitrogens with zero attached hydrogens (tertiary/aromatic N) is 1. The molecule has 0 atom stereocenters. The summed E-state index contributed by atoms with van der Waals surface area (Å²) >= 11 is 3.36. The van der Waals surface area contributed by atoms with Crippen LogP contribution in [0.2, 0.25) is 0 Å². The molecule has 1 N–H and O–H groups in total. The Labute approximate surface area is 95.1 Å². The summed E-state index contributed by atoms with van der Waals surface area (Å²) in [6.07, 6.45) is 1.66. The summed E-state index contributed by atoms with van der Waals surface area (Å²) in [5.74, 6) is 0. The molecule has 15 heavy (non-hydrogen) atoms. The van der Waals surface area contributed by atoms with Gasteiger partial charge in [-0.2, -0.15) is 0 Å². The van der Waals surface area contributed by atoms with Crippen molar-refractivity contribution in [2.24, 2.45) is 7.05 Å². The molecule has 2 rings (SSSR count). The molecule has 78 valence electrons. The molecule has 0 aliphatic rings. The third-order valence-electron chi connectivity index (χ3n) is 2.40. The molecule has 0 amide bonds. The van der Waals surface area contributed by atoms with Crippen LogP contribution in [0.4, 0.5) is 0 Å². The van der Waals surface area contributed by atoms with Gasteiger partial charge in [-0.25, -0.2) is 0 Å². The number of halogens is 1. The minimum Gasteiger partial charge on any atom is -0.391 e. The summed E-state index contributed by atoms with van der Waals surface area (Å²) in [5.41, 5.74) is 1.18. The number of hydrogen-bond acceptors (Lipinski definition) is 2. The van der Waals surface area contributed by atoms with E-state index in [0.29, 0.717) is 10.9 Å². The van der Waals surface area contributed by atoms with Crippen LogP contribution in [-0.4, -0.2) is 9.67 Å². The lowest BCUT2D eigenvalue weighted by Gasteiger charge is -2.07. The van der Waals surface area contributed by atoms with E-state index in [1.807, 2.05) is 23.7 Å². The third-order valence-corrected chi connectivity index (χ3v) is 2.89. The van der Waals surface area contributed by atoms with Crippen LogP contribution in [0.5, 0.6) is 0 Å². The van der Waals surface area contributed by atoms with Gasteiger partial charge in [0.2, 0.25) is 0 Å². The Morgan fingerprint density at radius 3 is 2.87 bits per heavy atom. The largest absolute Gasteiger partial charge is 0.391 e. The monoisotopic (exact) mass is 267 g/mol. The number of aromatic nitrogens is 1. The standard InChI is InChI=1S/C11H10BrNO2/c1-13-5-7(6-14)11(15)9-3-2-8(12)4-10(9)13/h2-5,14H,6H2,1H3. The van der Waals surface area contributed by atoms with E-state index in [1.54, 1.807) is 12.3 Å². The Balaban J connectivity index is 2.93. The van der Waals surface area contributed by atoms with Gasteiger partial charge in [-0.05, 0) is 18.2 Å². The fourth-order valence-electron chi connectivity index (χ4n) is 1.64. The highest BCUT2D eigenvalue weighted by atomic mass is 79.9. The van der Waals surface area contributed by atoms with Crippen LogP contribution >= 0.6 is 15.9 Å². The van der Waals surface area contributed by atoms with Gasteiger partial charge in [-0.15, -0.1) is 0 Å². The molecule has 0 unspecified atom stereocenters. The summed E-state index contributed by atoms with van der Waals surface area (Å²) in [5, 5.41) is 9.67. The highest BCUT2D eigenvalue weighted by molar-refractivity contribution is 9.10. The SMILES string of the molecule is Cn1cc(CO)c(=O)c2ccc(Br)cc21. The van der Waals surface area contributed by atoms with Crippen LogP contribution in [0.3, 0.4) is 0 Å². The predicted octanol–water partition coefficient (Wildman–Crippen LogP) is 1.79. The maximum atomic E-state index is 11.8. The average molecular weight is 268 g/mol. The zero-order valence-electron chi connectivity index (χ0n) is 8.20. The fraction of sp³-hybridized carbons (Fsp3) is 0.182. The predicted molar refractivity (Wildman–Crippen MR) is 62.8 cm³/mol. The highest BCUT2D eigenvalue weighted by Gasteiger charge is 2.06. The van der Waals surface area contributed by atoms with Crippen molar-refractivity contribution >= 4 is 26.8 Å². The van der Waals surface area contributed by atoms with Crippen molar-refractivity contribution < 1.29 is 5.11 Å². The molecule has 0 saturated heterocycles. The fourth-order valence-corrected chi connectivity index (χ4v) is 1.99. The number of pyridine rings is 1. The number of aliphatic hydroxyl groups is 1. The Morgan fingerprint density at radius 1 is 1.47 bits per heavy atom. The van der Waals surface area contributed by atoms with E-state index in [9.17, 15) is 4.79 Å². The maximum absolute atomic E-state index is 11.8. The van der Waals surface area contributed by atoms with Gasteiger partial charge in [0.25, 0.3) is 0 Å². The Bertz CT molecular complexity index is 575. The molecule has 0 aliphatic carbocycles. The number of hydrogen-bond donors (Lipinski definition) is 1. The minimum absolute atomic E-state index is 0.0990. The zero-order valence-corrected chi connectivity index (χ0v) is 9.78. The topological polar surface area (TPSA) is 42.2 Å². The van der Waals surface area contributed by atoms with Crippen molar-refractivity contribution in [3.05, 3.63) is 44.7 Å². The lowest BCUT2D eigenvalue weighted by atomic mass is 10.1. The quantitative estimate of drug-likeness (QED) is 0.856. The molecular formula is C11H10BrNO2. The summed E-state index contributed by atoms with van der Waals surface area (Å²) in [6, 6.07) is 5.48. The molecule has 0 radical (unpaired) electrons. The lowest BCUT2D eigenvalue weighted by Crippen LogP contribution is -2.13. The van der Waals surface area contributed by atoms with Crippen molar-refractivity contribution in [3.63, 3.8) is 0 Å². The molecule has 1 aromatic heterocycles. The van der Waals surface area contributed by atoms with Gasteiger partial charge in [0.1, 0.15) is 0 Å². The first kappa shape index (κ1) is 10.4. The normalized spacial score (nSPS) is 10.9. The Hall–Kier alpha value is -1.13. The summed E-state index contributed by atoms with van der Waals surface area (Å²) in [6.45, 7) is -0.224. The molecule has 0 saturated carbocycles. The molecule has 1 aromatic carbocycles. The van der Waals surface area contributed by atoms with E-state index in [0.717, 1.165) is 9.99 Å². The van der Waals surface area contributed by atoms with Gasteiger partial charge in [-0.3, -0.25) is 4.79 Å². The van der Waals surface area contributed by atoms with Crippen molar-refractivity contribution in [1.82, 2.24) is 4.57 Å². The second kappa shape index (κ2) is 3.79. The first-order valence-corrected chi connectivity index (χ1v) is 5.31. The highest BCUT2D eigenvalue weighted by Crippen LogP contribution is 2.17. The number of fused-ring (bicyclic) bond motifs is 1. The van der Waals surface area contributed by atoms with E-state index in [2.05, 4.69) is 15.9 Å². The van der Waals surface area contributed by atoms with Crippen molar-refractivity contribution in [1.29, 1.82) is 0 Å².